The van der Waals surface area contributed by atoms with Gasteiger partial charge in [-0.25, -0.2) is 0 Å². The molecule has 2 unspecified atom stereocenters. The van der Waals surface area contributed by atoms with Gasteiger partial charge in [0.05, 0.1) is 12.3 Å². The fraction of sp³-hybridized carbons (Fsp3) is 1.00. The van der Waals surface area contributed by atoms with Gasteiger partial charge in [-0.15, -0.1) is 0 Å². The number of nitrogens with zero attached hydrogens (tertiary/aromatic N) is 1. The third kappa shape index (κ3) is 2.26. The first-order valence-electron chi connectivity index (χ1n) is 2.78. The van der Waals surface area contributed by atoms with Gasteiger partial charge in [0.15, 0.2) is 0 Å². The largest absolute Gasteiger partial charge is 0.316 e. The van der Waals surface area contributed by atoms with Crippen LogP contribution in [0.3, 0.4) is 0 Å². The molecular weight excluding hydrogens is 102 g/mol. The standard InChI is InChI=1S/C5H15N3/c1-4(6)8(3)5(2)7/h4-5H,6-7H2,1-3H3. The van der Waals surface area contributed by atoms with Crippen molar-refractivity contribution in [2.75, 3.05) is 7.05 Å². The van der Waals surface area contributed by atoms with E-state index in [1.807, 2.05) is 25.8 Å². The van der Waals surface area contributed by atoms with Crippen LogP contribution in [0.4, 0.5) is 0 Å². The van der Waals surface area contributed by atoms with Crippen LogP contribution >= 0.6 is 0 Å². The minimum absolute atomic E-state index is 0.0509. The molecule has 8 heavy (non-hydrogen) atoms. The highest BCUT2D eigenvalue weighted by Gasteiger charge is 2.05. The van der Waals surface area contributed by atoms with Gasteiger partial charge in [-0.1, -0.05) is 0 Å². The van der Waals surface area contributed by atoms with Crippen molar-refractivity contribution in [1.82, 2.24) is 4.90 Å². The van der Waals surface area contributed by atoms with Gasteiger partial charge in [0.1, 0.15) is 0 Å². The van der Waals surface area contributed by atoms with Gasteiger partial charge in [-0.3, -0.25) is 4.90 Å². The van der Waals surface area contributed by atoms with Crippen LogP contribution in [0.2, 0.25) is 0 Å². The molecule has 4 N–H and O–H groups in total. The van der Waals surface area contributed by atoms with Gasteiger partial charge in [-0.05, 0) is 20.9 Å². The zero-order valence-electron chi connectivity index (χ0n) is 5.76. The third-order valence-corrected chi connectivity index (χ3v) is 1.28. The summed E-state index contributed by atoms with van der Waals surface area (Å²) in [6.07, 6.45) is 0.102. The van der Waals surface area contributed by atoms with Gasteiger partial charge < -0.3 is 11.5 Å². The van der Waals surface area contributed by atoms with Crippen molar-refractivity contribution >= 4 is 0 Å². The first-order valence-corrected chi connectivity index (χ1v) is 2.78. The fourth-order valence-electron chi connectivity index (χ4n) is 0.371. The Balaban J connectivity index is 3.46. The first-order chi connectivity index (χ1) is 3.55. The fourth-order valence-corrected chi connectivity index (χ4v) is 0.371. The molecule has 0 spiro atoms. The summed E-state index contributed by atoms with van der Waals surface area (Å²) < 4.78 is 0. The van der Waals surface area contributed by atoms with E-state index in [0.717, 1.165) is 0 Å². The molecule has 50 valence electrons. The van der Waals surface area contributed by atoms with Crippen molar-refractivity contribution in [3.05, 3.63) is 0 Å². The Kier molecular flexibility index (Phi) is 2.97. The molecule has 0 heterocycles. The second kappa shape index (κ2) is 3.02. The van der Waals surface area contributed by atoms with E-state index in [9.17, 15) is 0 Å². The van der Waals surface area contributed by atoms with Crippen LogP contribution in [0.15, 0.2) is 0 Å². The highest BCUT2D eigenvalue weighted by atomic mass is 15.3. The van der Waals surface area contributed by atoms with Crippen LogP contribution < -0.4 is 11.5 Å². The van der Waals surface area contributed by atoms with Gasteiger partial charge in [-0.2, -0.15) is 0 Å². The lowest BCUT2D eigenvalue weighted by molar-refractivity contribution is 0.204. The molecule has 0 rings (SSSR count). The SMILES string of the molecule is CC(N)N(C)C(C)N. The van der Waals surface area contributed by atoms with Crippen molar-refractivity contribution in [3.8, 4) is 0 Å². The maximum atomic E-state index is 5.48. The third-order valence-electron chi connectivity index (χ3n) is 1.28. The van der Waals surface area contributed by atoms with E-state index in [1.165, 1.54) is 0 Å². The van der Waals surface area contributed by atoms with E-state index in [-0.39, 0.29) is 12.3 Å². The molecule has 0 aliphatic heterocycles. The molecule has 0 amide bonds. The smallest absolute Gasteiger partial charge is 0.0553 e. The average molecular weight is 117 g/mol. The quantitative estimate of drug-likeness (QED) is 0.481. The lowest BCUT2D eigenvalue weighted by atomic mass is 10.4. The van der Waals surface area contributed by atoms with Crippen molar-refractivity contribution in [2.45, 2.75) is 26.2 Å². The Morgan fingerprint density at radius 1 is 1.12 bits per heavy atom. The molecule has 0 aliphatic carbocycles. The molecule has 0 aromatic carbocycles. The van der Waals surface area contributed by atoms with Crippen LogP contribution in [0.25, 0.3) is 0 Å². The van der Waals surface area contributed by atoms with Gasteiger partial charge >= 0.3 is 0 Å². The predicted octanol–water partition coefficient (Wildman–Crippen LogP) is -0.472. The summed E-state index contributed by atoms with van der Waals surface area (Å²) in [7, 11) is 1.90. The molecule has 0 saturated heterocycles. The maximum absolute atomic E-state index is 5.48. The number of rotatable bonds is 2. The molecular formula is C5H15N3. The van der Waals surface area contributed by atoms with Crippen molar-refractivity contribution < 1.29 is 0 Å². The summed E-state index contributed by atoms with van der Waals surface area (Å²) in [6, 6.07) is 0. The van der Waals surface area contributed by atoms with Gasteiger partial charge in [0, 0.05) is 0 Å². The monoisotopic (exact) mass is 117 g/mol. The highest BCUT2D eigenvalue weighted by Crippen LogP contribution is 1.88. The van der Waals surface area contributed by atoms with Crippen molar-refractivity contribution in [2.24, 2.45) is 11.5 Å². The molecule has 2 atom stereocenters. The summed E-state index contributed by atoms with van der Waals surface area (Å²) in [6.45, 7) is 3.81. The van der Waals surface area contributed by atoms with Crippen LogP contribution in [-0.4, -0.2) is 24.3 Å². The van der Waals surface area contributed by atoms with E-state index in [1.54, 1.807) is 0 Å². The Morgan fingerprint density at radius 2 is 1.38 bits per heavy atom. The minimum atomic E-state index is 0.0509. The highest BCUT2D eigenvalue weighted by molar-refractivity contribution is 4.57. The number of nitrogens with two attached hydrogens (primary N) is 2. The Bertz CT molecular complexity index is 52.7. The van der Waals surface area contributed by atoms with Crippen LogP contribution in [-0.2, 0) is 0 Å². The van der Waals surface area contributed by atoms with E-state index in [4.69, 9.17) is 11.5 Å². The Labute approximate surface area is 50.6 Å². The van der Waals surface area contributed by atoms with E-state index < -0.39 is 0 Å². The number of hydrogen-bond acceptors (Lipinski definition) is 3. The Hall–Kier alpha value is -0.120. The molecule has 0 saturated carbocycles. The molecule has 0 aromatic heterocycles. The van der Waals surface area contributed by atoms with Crippen molar-refractivity contribution in [3.63, 3.8) is 0 Å². The van der Waals surface area contributed by atoms with Crippen LogP contribution in [0, 0.1) is 0 Å². The molecule has 0 aliphatic rings. The lowest BCUT2D eigenvalue weighted by Crippen LogP contribution is -2.46. The van der Waals surface area contributed by atoms with Crippen LogP contribution in [0.1, 0.15) is 13.8 Å². The zero-order valence-corrected chi connectivity index (χ0v) is 5.76. The van der Waals surface area contributed by atoms with E-state index >= 15 is 0 Å². The lowest BCUT2D eigenvalue weighted by Gasteiger charge is -2.24. The molecule has 0 bridgehead atoms. The summed E-state index contributed by atoms with van der Waals surface area (Å²) in [5.41, 5.74) is 11.0. The molecule has 3 nitrogen and oxygen atoms in total. The molecule has 0 aromatic rings. The van der Waals surface area contributed by atoms with E-state index in [2.05, 4.69) is 0 Å². The van der Waals surface area contributed by atoms with Crippen LogP contribution in [0.5, 0.6) is 0 Å². The number of hydrogen-bond donors (Lipinski definition) is 2. The summed E-state index contributed by atoms with van der Waals surface area (Å²) in [4.78, 5) is 1.89. The summed E-state index contributed by atoms with van der Waals surface area (Å²) >= 11 is 0. The van der Waals surface area contributed by atoms with E-state index in [0.29, 0.717) is 0 Å². The topological polar surface area (TPSA) is 55.3 Å². The molecule has 0 radical (unpaired) electrons. The molecule has 3 heteroatoms. The normalized spacial score (nSPS) is 18.8. The second-order valence-electron chi connectivity index (χ2n) is 2.15. The second-order valence-corrected chi connectivity index (χ2v) is 2.15. The van der Waals surface area contributed by atoms with Gasteiger partial charge in [0.2, 0.25) is 0 Å². The summed E-state index contributed by atoms with van der Waals surface area (Å²) in [5, 5.41) is 0. The minimum Gasteiger partial charge on any atom is -0.316 e. The molecule has 0 fully saturated rings. The zero-order chi connectivity index (χ0) is 6.73. The first kappa shape index (κ1) is 7.88. The predicted molar refractivity (Wildman–Crippen MR) is 35.1 cm³/mol. The average Bonchev–Trinajstić information content (AvgIpc) is 1.64. The Morgan fingerprint density at radius 3 is 1.38 bits per heavy atom. The summed E-state index contributed by atoms with van der Waals surface area (Å²) in [5.74, 6) is 0. The van der Waals surface area contributed by atoms with Gasteiger partial charge in [0.25, 0.3) is 0 Å². The van der Waals surface area contributed by atoms with Crippen molar-refractivity contribution in [1.29, 1.82) is 0 Å². The maximum Gasteiger partial charge on any atom is 0.0553 e.